The van der Waals surface area contributed by atoms with Crippen LogP contribution in [0, 0.1) is 0 Å². The van der Waals surface area contributed by atoms with Crippen molar-refractivity contribution in [3.8, 4) is 11.5 Å². The van der Waals surface area contributed by atoms with E-state index in [-0.39, 0.29) is 23.1 Å². The average molecular weight is 303 g/mol. The first kappa shape index (κ1) is 14.7. The van der Waals surface area contributed by atoms with Crippen molar-refractivity contribution in [1.82, 2.24) is 0 Å². The molecule has 1 N–H and O–H groups in total. The highest BCUT2D eigenvalue weighted by Crippen LogP contribution is 2.39. The molecule has 0 aliphatic carbocycles. The maximum atomic E-state index is 12.9. The summed E-state index contributed by atoms with van der Waals surface area (Å²) in [5.41, 5.74) is -0.291. The Morgan fingerprint density at radius 1 is 1.05 bits per heavy atom. The number of rotatable bonds is 3. The van der Waals surface area contributed by atoms with E-state index in [9.17, 15) is 13.2 Å². The standard InChI is InChI=1S/C14H10ClF3O2/c15-10-3-6-13(12(7-10)14(16,17)18)20-11-4-1-9(8-19)2-5-11/h1-7,19H,8H2. The monoisotopic (exact) mass is 302 g/mol. The summed E-state index contributed by atoms with van der Waals surface area (Å²) in [7, 11) is 0. The van der Waals surface area contributed by atoms with Crippen LogP contribution in [0.1, 0.15) is 11.1 Å². The predicted octanol–water partition coefficient (Wildman–Crippen LogP) is 4.64. The summed E-state index contributed by atoms with van der Waals surface area (Å²) in [5, 5.41) is 8.88. The molecule has 0 unspecified atom stereocenters. The Hall–Kier alpha value is -1.72. The maximum Gasteiger partial charge on any atom is 0.420 e. The zero-order chi connectivity index (χ0) is 14.8. The van der Waals surface area contributed by atoms with Crippen molar-refractivity contribution in [1.29, 1.82) is 0 Å². The van der Waals surface area contributed by atoms with Gasteiger partial charge in [-0.25, -0.2) is 0 Å². The van der Waals surface area contributed by atoms with E-state index in [0.29, 0.717) is 5.56 Å². The van der Waals surface area contributed by atoms with E-state index in [0.717, 1.165) is 6.07 Å². The molecule has 0 saturated heterocycles. The molecule has 106 valence electrons. The Labute approximate surface area is 118 Å². The molecule has 0 aliphatic rings. The molecule has 0 radical (unpaired) electrons. The van der Waals surface area contributed by atoms with Gasteiger partial charge in [-0.15, -0.1) is 0 Å². The van der Waals surface area contributed by atoms with E-state index in [2.05, 4.69) is 0 Å². The summed E-state index contributed by atoms with van der Waals surface area (Å²) < 4.78 is 43.9. The highest BCUT2D eigenvalue weighted by atomic mass is 35.5. The van der Waals surface area contributed by atoms with Gasteiger partial charge in [-0.1, -0.05) is 23.7 Å². The number of alkyl halides is 3. The Bertz CT molecular complexity index is 594. The highest BCUT2D eigenvalue weighted by molar-refractivity contribution is 6.30. The molecule has 0 bridgehead atoms. The maximum absolute atomic E-state index is 12.9. The summed E-state index contributed by atoms with van der Waals surface area (Å²) in [6, 6.07) is 9.43. The molecule has 2 nitrogen and oxygen atoms in total. The van der Waals surface area contributed by atoms with Crippen molar-refractivity contribution in [2.24, 2.45) is 0 Å². The Balaban J connectivity index is 2.32. The number of benzene rings is 2. The van der Waals surface area contributed by atoms with Gasteiger partial charge < -0.3 is 9.84 Å². The van der Waals surface area contributed by atoms with E-state index >= 15 is 0 Å². The second-order valence-electron chi connectivity index (χ2n) is 4.04. The quantitative estimate of drug-likeness (QED) is 0.894. The molecule has 0 heterocycles. The second-order valence-corrected chi connectivity index (χ2v) is 4.48. The molecular formula is C14H10ClF3O2. The van der Waals surface area contributed by atoms with Gasteiger partial charge in [0.25, 0.3) is 0 Å². The zero-order valence-corrected chi connectivity index (χ0v) is 10.9. The first-order valence-electron chi connectivity index (χ1n) is 5.64. The normalized spacial score (nSPS) is 11.4. The van der Waals surface area contributed by atoms with E-state index in [1.54, 1.807) is 12.1 Å². The van der Waals surface area contributed by atoms with E-state index in [1.807, 2.05) is 0 Å². The van der Waals surface area contributed by atoms with E-state index in [4.69, 9.17) is 21.4 Å². The SMILES string of the molecule is OCc1ccc(Oc2ccc(Cl)cc2C(F)(F)F)cc1. The first-order valence-corrected chi connectivity index (χ1v) is 6.02. The van der Waals surface area contributed by atoms with Gasteiger partial charge in [0.1, 0.15) is 11.5 Å². The molecule has 0 aliphatic heterocycles. The molecule has 6 heteroatoms. The Morgan fingerprint density at radius 2 is 1.70 bits per heavy atom. The molecule has 2 aromatic rings. The van der Waals surface area contributed by atoms with Crippen molar-refractivity contribution < 1.29 is 23.0 Å². The van der Waals surface area contributed by atoms with Gasteiger partial charge in [0.05, 0.1) is 12.2 Å². The molecule has 0 aromatic heterocycles. The lowest BCUT2D eigenvalue weighted by atomic mass is 10.2. The predicted molar refractivity (Wildman–Crippen MR) is 68.9 cm³/mol. The minimum Gasteiger partial charge on any atom is -0.457 e. The fourth-order valence-corrected chi connectivity index (χ4v) is 1.77. The number of halogens is 4. The van der Waals surface area contributed by atoms with Gasteiger partial charge in [-0.05, 0) is 35.9 Å². The smallest absolute Gasteiger partial charge is 0.420 e. The summed E-state index contributed by atoms with van der Waals surface area (Å²) >= 11 is 5.58. The van der Waals surface area contributed by atoms with Crippen molar-refractivity contribution in [3.05, 3.63) is 58.6 Å². The molecule has 0 saturated carbocycles. The van der Waals surface area contributed by atoms with E-state index < -0.39 is 11.7 Å². The number of aliphatic hydroxyl groups is 1. The molecule has 20 heavy (non-hydrogen) atoms. The van der Waals surface area contributed by atoms with Gasteiger partial charge in [0, 0.05) is 5.02 Å². The molecule has 0 amide bonds. The van der Waals surface area contributed by atoms with Crippen LogP contribution in [0.2, 0.25) is 5.02 Å². The summed E-state index contributed by atoms with van der Waals surface area (Å²) in [6.07, 6.45) is -4.55. The van der Waals surface area contributed by atoms with Crippen LogP contribution >= 0.6 is 11.6 Å². The van der Waals surface area contributed by atoms with Crippen LogP contribution < -0.4 is 4.74 Å². The van der Waals surface area contributed by atoms with Gasteiger partial charge >= 0.3 is 6.18 Å². The van der Waals surface area contributed by atoms with Gasteiger partial charge in [0.2, 0.25) is 0 Å². The molecular weight excluding hydrogens is 293 g/mol. The summed E-state index contributed by atoms with van der Waals surface area (Å²) in [6.45, 7) is -0.144. The minimum atomic E-state index is -4.55. The topological polar surface area (TPSA) is 29.5 Å². The molecule has 0 fully saturated rings. The van der Waals surface area contributed by atoms with Crippen molar-refractivity contribution in [3.63, 3.8) is 0 Å². The van der Waals surface area contributed by atoms with Crippen LogP contribution in [0.3, 0.4) is 0 Å². The zero-order valence-electron chi connectivity index (χ0n) is 10.1. The van der Waals surface area contributed by atoms with Gasteiger partial charge in [0.15, 0.2) is 0 Å². The third-order valence-electron chi connectivity index (χ3n) is 2.58. The molecule has 2 aromatic carbocycles. The lowest BCUT2D eigenvalue weighted by Gasteiger charge is -2.14. The molecule has 2 rings (SSSR count). The fourth-order valence-electron chi connectivity index (χ4n) is 1.60. The largest absolute Gasteiger partial charge is 0.457 e. The summed E-state index contributed by atoms with van der Waals surface area (Å²) in [5.74, 6) is -0.0753. The van der Waals surface area contributed by atoms with Gasteiger partial charge in [-0.3, -0.25) is 0 Å². The van der Waals surface area contributed by atoms with Crippen LogP contribution in [0.5, 0.6) is 11.5 Å². The lowest BCUT2D eigenvalue weighted by Crippen LogP contribution is -2.07. The van der Waals surface area contributed by atoms with Crippen LogP contribution in [0.15, 0.2) is 42.5 Å². The lowest BCUT2D eigenvalue weighted by molar-refractivity contribution is -0.138. The minimum absolute atomic E-state index is 0.0136. The van der Waals surface area contributed by atoms with Crippen molar-refractivity contribution in [2.75, 3.05) is 0 Å². The molecule has 0 spiro atoms. The number of hydrogen-bond acceptors (Lipinski definition) is 2. The van der Waals surface area contributed by atoms with Crippen LogP contribution in [-0.4, -0.2) is 5.11 Å². The fraction of sp³-hybridized carbons (Fsp3) is 0.143. The average Bonchev–Trinajstić information content (AvgIpc) is 2.40. The van der Waals surface area contributed by atoms with Gasteiger partial charge in [-0.2, -0.15) is 13.2 Å². The third kappa shape index (κ3) is 3.43. The van der Waals surface area contributed by atoms with Crippen LogP contribution in [0.4, 0.5) is 13.2 Å². The highest BCUT2D eigenvalue weighted by Gasteiger charge is 2.34. The Kier molecular flexibility index (Phi) is 4.20. The first-order chi connectivity index (χ1) is 9.40. The third-order valence-corrected chi connectivity index (χ3v) is 2.82. The second kappa shape index (κ2) is 5.73. The van der Waals surface area contributed by atoms with Crippen molar-refractivity contribution >= 4 is 11.6 Å². The molecule has 0 atom stereocenters. The van der Waals surface area contributed by atoms with Crippen LogP contribution in [-0.2, 0) is 12.8 Å². The number of ether oxygens (including phenoxy) is 1. The number of aliphatic hydroxyl groups excluding tert-OH is 1. The summed E-state index contributed by atoms with van der Waals surface area (Å²) in [4.78, 5) is 0. The van der Waals surface area contributed by atoms with Crippen molar-refractivity contribution in [2.45, 2.75) is 12.8 Å². The van der Waals surface area contributed by atoms with Crippen LogP contribution in [0.25, 0.3) is 0 Å². The Morgan fingerprint density at radius 3 is 2.25 bits per heavy atom. The number of hydrogen-bond donors (Lipinski definition) is 1. The van der Waals surface area contributed by atoms with E-state index in [1.165, 1.54) is 24.3 Å².